The van der Waals surface area contributed by atoms with Gasteiger partial charge in [0, 0.05) is 0 Å². The minimum atomic E-state index is 1.10. The fraction of sp³-hybridized carbons (Fsp3) is 0.333. The van der Waals surface area contributed by atoms with Crippen LogP contribution in [0.15, 0.2) is 35.5 Å². The van der Waals surface area contributed by atoms with E-state index in [9.17, 15) is 0 Å². The molecule has 1 aliphatic rings. The Morgan fingerprint density at radius 2 is 1.78 bits per heavy atom. The van der Waals surface area contributed by atoms with Gasteiger partial charge in [0.15, 0.2) is 0 Å². The van der Waals surface area contributed by atoms with Crippen molar-refractivity contribution in [2.75, 3.05) is 0 Å². The standard InChI is InChI=1S/C9H12/c1-5-9-7(3)6(2)8(9)4/h2-3,5H2,1,4H3. The summed E-state index contributed by atoms with van der Waals surface area (Å²) in [7, 11) is 0. The molecular weight excluding hydrogens is 108 g/mol. The van der Waals surface area contributed by atoms with E-state index < -0.39 is 0 Å². The first-order chi connectivity index (χ1) is 4.18. The highest BCUT2D eigenvalue weighted by Crippen LogP contribution is 2.38. The first-order valence-electron chi connectivity index (χ1n) is 3.27. The molecule has 48 valence electrons. The van der Waals surface area contributed by atoms with Crippen LogP contribution in [-0.4, -0.2) is 0 Å². The van der Waals surface area contributed by atoms with Crippen LogP contribution >= 0.6 is 0 Å². The van der Waals surface area contributed by atoms with Gasteiger partial charge < -0.3 is 0 Å². The minimum absolute atomic E-state index is 1.10. The molecule has 0 aliphatic heterocycles. The molecule has 1 rings (SSSR count). The molecule has 0 spiro atoms. The molecule has 9 heavy (non-hydrogen) atoms. The van der Waals surface area contributed by atoms with Crippen LogP contribution in [0.2, 0.25) is 0 Å². The molecule has 0 aromatic heterocycles. The van der Waals surface area contributed by atoms with Crippen LogP contribution in [0.1, 0.15) is 20.3 Å². The van der Waals surface area contributed by atoms with E-state index in [0.717, 1.165) is 17.6 Å². The zero-order valence-corrected chi connectivity index (χ0v) is 6.12. The van der Waals surface area contributed by atoms with Crippen LogP contribution in [0.4, 0.5) is 0 Å². The number of rotatable bonds is 1. The molecule has 0 atom stereocenters. The summed E-state index contributed by atoms with van der Waals surface area (Å²) in [4.78, 5) is 0. The molecule has 1 aliphatic carbocycles. The smallest absolute Gasteiger partial charge is 0.0224 e. The van der Waals surface area contributed by atoms with E-state index in [1.807, 2.05) is 0 Å². The zero-order valence-electron chi connectivity index (χ0n) is 6.12. The lowest BCUT2D eigenvalue weighted by molar-refractivity contribution is 1.03. The molecule has 0 N–H and O–H groups in total. The predicted octanol–water partition coefficient (Wildman–Crippen LogP) is 2.84. The molecule has 0 aromatic rings. The van der Waals surface area contributed by atoms with Crippen molar-refractivity contribution in [2.45, 2.75) is 20.3 Å². The van der Waals surface area contributed by atoms with Gasteiger partial charge in [0.05, 0.1) is 0 Å². The normalized spacial score (nSPS) is 18.4. The molecule has 0 bridgehead atoms. The molecule has 0 saturated carbocycles. The first kappa shape index (κ1) is 6.34. The van der Waals surface area contributed by atoms with Crippen molar-refractivity contribution in [3.63, 3.8) is 0 Å². The van der Waals surface area contributed by atoms with Crippen LogP contribution in [0, 0.1) is 0 Å². The summed E-state index contributed by atoms with van der Waals surface area (Å²) < 4.78 is 0. The largest absolute Gasteiger partial charge is 0.0909 e. The third-order valence-corrected chi connectivity index (χ3v) is 1.99. The van der Waals surface area contributed by atoms with Gasteiger partial charge in [0.25, 0.3) is 0 Å². The molecule has 0 radical (unpaired) electrons. The van der Waals surface area contributed by atoms with E-state index in [-0.39, 0.29) is 0 Å². The van der Waals surface area contributed by atoms with Gasteiger partial charge in [-0.15, -0.1) is 0 Å². The van der Waals surface area contributed by atoms with Crippen molar-refractivity contribution < 1.29 is 0 Å². The Balaban J connectivity index is 2.96. The van der Waals surface area contributed by atoms with Gasteiger partial charge in [-0.2, -0.15) is 0 Å². The summed E-state index contributed by atoms with van der Waals surface area (Å²) in [6.45, 7) is 12.0. The Morgan fingerprint density at radius 3 is 2.00 bits per heavy atom. The van der Waals surface area contributed by atoms with E-state index in [4.69, 9.17) is 0 Å². The van der Waals surface area contributed by atoms with Gasteiger partial charge >= 0.3 is 0 Å². The van der Waals surface area contributed by atoms with Crippen LogP contribution in [0.25, 0.3) is 0 Å². The number of hydrogen-bond acceptors (Lipinski definition) is 0. The number of allylic oxidation sites excluding steroid dienone is 4. The quantitative estimate of drug-likeness (QED) is 0.499. The van der Waals surface area contributed by atoms with Gasteiger partial charge in [-0.25, -0.2) is 0 Å². The summed E-state index contributed by atoms with van der Waals surface area (Å²) in [6, 6.07) is 0. The minimum Gasteiger partial charge on any atom is -0.0909 e. The lowest BCUT2D eigenvalue weighted by Gasteiger charge is -2.25. The summed E-state index contributed by atoms with van der Waals surface area (Å²) in [5.41, 5.74) is 5.06. The molecule has 0 amide bonds. The Kier molecular flexibility index (Phi) is 1.32. The lowest BCUT2D eigenvalue weighted by Crippen LogP contribution is -2.07. The van der Waals surface area contributed by atoms with Crippen LogP contribution in [0.3, 0.4) is 0 Å². The average Bonchev–Trinajstić information content (AvgIpc) is 1.89. The summed E-state index contributed by atoms with van der Waals surface area (Å²) in [5, 5.41) is 0. The maximum atomic E-state index is 3.89. The van der Waals surface area contributed by atoms with E-state index in [1.54, 1.807) is 0 Å². The third-order valence-electron chi connectivity index (χ3n) is 1.99. The molecule has 0 heteroatoms. The number of hydrogen-bond donors (Lipinski definition) is 0. The molecule has 0 nitrogen and oxygen atoms in total. The lowest BCUT2D eigenvalue weighted by atomic mass is 9.79. The Bertz CT molecular complexity index is 204. The topological polar surface area (TPSA) is 0 Å². The van der Waals surface area contributed by atoms with Gasteiger partial charge in [0.2, 0.25) is 0 Å². The van der Waals surface area contributed by atoms with Crippen molar-refractivity contribution in [3.8, 4) is 0 Å². The van der Waals surface area contributed by atoms with Crippen LogP contribution in [-0.2, 0) is 0 Å². The predicted molar refractivity (Wildman–Crippen MR) is 41.3 cm³/mol. The summed E-state index contributed by atoms with van der Waals surface area (Å²) >= 11 is 0. The highest BCUT2D eigenvalue weighted by atomic mass is 14.2. The Labute approximate surface area is 56.6 Å². The van der Waals surface area contributed by atoms with Crippen LogP contribution < -0.4 is 0 Å². The molecule has 0 fully saturated rings. The Morgan fingerprint density at radius 1 is 1.22 bits per heavy atom. The van der Waals surface area contributed by atoms with Crippen LogP contribution in [0.5, 0.6) is 0 Å². The van der Waals surface area contributed by atoms with Crippen molar-refractivity contribution in [3.05, 3.63) is 35.5 Å². The van der Waals surface area contributed by atoms with Crippen molar-refractivity contribution in [2.24, 2.45) is 0 Å². The zero-order chi connectivity index (χ0) is 7.02. The maximum Gasteiger partial charge on any atom is -0.0224 e. The monoisotopic (exact) mass is 120 g/mol. The fourth-order valence-corrected chi connectivity index (χ4v) is 1.23. The van der Waals surface area contributed by atoms with E-state index in [0.29, 0.717) is 0 Å². The third kappa shape index (κ3) is 0.663. The van der Waals surface area contributed by atoms with E-state index in [2.05, 4.69) is 27.0 Å². The second kappa shape index (κ2) is 1.87. The van der Waals surface area contributed by atoms with E-state index in [1.165, 1.54) is 11.1 Å². The summed E-state index contributed by atoms with van der Waals surface area (Å²) in [6.07, 6.45) is 1.10. The highest BCUT2D eigenvalue weighted by molar-refractivity contribution is 5.66. The molecule has 0 unspecified atom stereocenters. The second-order valence-corrected chi connectivity index (χ2v) is 2.41. The highest BCUT2D eigenvalue weighted by Gasteiger charge is 2.19. The van der Waals surface area contributed by atoms with Gasteiger partial charge in [-0.05, 0) is 35.6 Å². The molecule has 0 aromatic carbocycles. The maximum absolute atomic E-state index is 3.89. The van der Waals surface area contributed by atoms with Crippen molar-refractivity contribution >= 4 is 0 Å². The van der Waals surface area contributed by atoms with Crippen molar-refractivity contribution in [1.82, 2.24) is 0 Å². The average molecular weight is 120 g/mol. The molecule has 0 saturated heterocycles. The second-order valence-electron chi connectivity index (χ2n) is 2.41. The molecule has 0 heterocycles. The Hall–Kier alpha value is -0.780. The van der Waals surface area contributed by atoms with Gasteiger partial charge in [-0.1, -0.05) is 20.1 Å². The summed E-state index contributed by atoms with van der Waals surface area (Å²) in [5.74, 6) is 0. The molecular formula is C9H12. The van der Waals surface area contributed by atoms with Crippen molar-refractivity contribution in [1.29, 1.82) is 0 Å². The van der Waals surface area contributed by atoms with E-state index >= 15 is 0 Å². The van der Waals surface area contributed by atoms with Gasteiger partial charge in [0.1, 0.15) is 0 Å². The van der Waals surface area contributed by atoms with Gasteiger partial charge in [-0.3, -0.25) is 0 Å². The SMILES string of the molecule is C=C1C(=C)C(CC)=C1C. The first-order valence-corrected chi connectivity index (χ1v) is 3.27. The fourth-order valence-electron chi connectivity index (χ4n) is 1.23.